The number of halogens is 3. The van der Waals surface area contributed by atoms with Crippen LogP contribution in [0.1, 0.15) is 12.8 Å². The SMILES string of the molecule is Cl.N=C(CCCl)OC(=N)CCCl. The van der Waals surface area contributed by atoms with Crippen LogP contribution < -0.4 is 0 Å². The molecule has 0 aliphatic heterocycles. The molecule has 0 fully saturated rings. The van der Waals surface area contributed by atoms with Crippen molar-refractivity contribution in [2.24, 2.45) is 0 Å². The van der Waals surface area contributed by atoms with E-state index < -0.39 is 0 Å². The minimum Gasteiger partial charge on any atom is -0.430 e. The lowest BCUT2D eigenvalue weighted by Crippen LogP contribution is -2.11. The second-order valence-electron chi connectivity index (χ2n) is 1.83. The molecule has 2 N–H and O–H groups in total. The minimum atomic E-state index is 0. The molecule has 6 heteroatoms. The van der Waals surface area contributed by atoms with Crippen LogP contribution in [0.2, 0.25) is 0 Å². The molecule has 72 valence electrons. The maximum absolute atomic E-state index is 7.11. The fraction of sp³-hybridized carbons (Fsp3) is 0.667. The summed E-state index contributed by atoms with van der Waals surface area (Å²) in [6.07, 6.45) is 0.707. The summed E-state index contributed by atoms with van der Waals surface area (Å²) in [5, 5.41) is 14.2. The van der Waals surface area contributed by atoms with Crippen LogP contribution in [0, 0.1) is 10.8 Å². The summed E-state index contributed by atoms with van der Waals surface area (Å²) >= 11 is 10.7. The first-order valence-electron chi connectivity index (χ1n) is 3.15. The molecule has 0 aromatic carbocycles. The zero-order valence-electron chi connectivity index (χ0n) is 6.40. The Morgan fingerprint density at radius 3 is 1.58 bits per heavy atom. The Bertz CT molecular complexity index is 136. The molecule has 0 aromatic heterocycles. The van der Waals surface area contributed by atoms with Gasteiger partial charge in [-0.05, 0) is 0 Å². The van der Waals surface area contributed by atoms with E-state index in [-0.39, 0.29) is 24.2 Å². The molecule has 3 nitrogen and oxygen atoms in total. The Hall–Kier alpha value is 0.01000. The molecule has 0 saturated carbocycles. The molecule has 0 heterocycles. The standard InChI is InChI=1S/C6H10Cl2N2O.ClH/c7-3-1-5(9)11-6(10)2-4-8;/h9-10H,1-4H2;1H. The van der Waals surface area contributed by atoms with E-state index in [1.54, 1.807) is 0 Å². The van der Waals surface area contributed by atoms with Crippen LogP contribution in [0.3, 0.4) is 0 Å². The van der Waals surface area contributed by atoms with Crippen LogP contribution in [0.25, 0.3) is 0 Å². The van der Waals surface area contributed by atoms with E-state index in [2.05, 4.69) is 0 Å². The predicted octanol–water partition coefficient (Wildman–Crippen LogP) is 2.64. The summed E-state index contributed by atoms with van der Waals surface area (Å²) in [5.41, 5.74) is 0. The molecule has 0 unspecified atom stereocenters. The maximum atomic E-state index is 7.11. The van der Waals surface area contributed by atoms with Gasteiger partial charge in [-0.15, -0.1) is 35.6 Å². The first-order valence-corrected chi connectivity index (χ1v) is 4.22. The van der Waals surface area contributed by atoms with Gasteiger partial charge in [-0.3, -0.25) is 10.8 Å². The molecule has 0 aromatic rings. The van der Waals surface area contributed by atoms with E-state index in [0.29, 0.717) is 24.6 Å². The van der Waals surface area contributed by atoms with Gasteiger partial charge in [0.1, 0.15) is 0 Å². The van der Waals surface area contributed by atoms with Crippen LogP contribution in [-0.4, -0.2) is 23.6 Å². The van der Waals surface area contributed by atoms with Gasteiger partial charge in [-0.1, -0.05) is 0 Å². The zero-order valence-corrected chi connectivity index (χ0v) is 8.73. The summed E-state index contributed by atoms with van der Waals surface area (Å²) in [6.45, 7) is 0. The lowest BCUT2D eigenvalue weighted by Gasteiger charge is -2.04. The van der Waals surface area contributed by atoms with Gasteiger partial charge in [-0.2, -0.15) is 0 Å². The second-order valence-corrected chi connectivity index (χ2v) is 2.58. The molecule has 0 saturated heterocycles. The zero-order chi connectivity index (χ0) is 8.69. The number of alkyl halides is 2. The molecular weight excluding hydrogens is 222 g/mol. The quantitative estimate of drug-likeness (QED) is 0.438. The molecule has 0 spiro atoms. The van der Waals surface area contributed by atoms with Crippen molar-refractivity contribution in [1.82, 2.24) is 0 Å². The third-order valence-corrected chi connectivity index (χ3v) is 1.27. The largest absolute Gasteiger partial charge is 0.430 e. The van der Waals surface area contributed by atoms with Gasteiger partial charge in [0.05, 0.1) is 0 Å². The Morgan fingerprint density at radius 2 is 1.33 bits per heavy atom. The van der Waals surface area contributed by atoms with Crippen LogP contribution in [0.15, 0.2) is 0 Å². The summed E-state index contributed by atoms with van der Waals surface area (Å²) in [7, 11) is 0. The number of rotatable bonds is 4. The van der Waals surface area contributed by atoms with E-state index in [1.165, 1.54) is 0 Å². The van der Waals surface area contributed by atoms with Crippen molar-refractivity contribution in [2.45, 2.75) is 12.8 Å². The van der Waals surface area contributed by atoms with E-state index >= 15 is 0 Å². The fourth-order valence-electron chi connectivity index (χ4n) is 0.422. The normalized spacial score (nSPS) is 8.50. The molecule has 0 atom stereocenters. The summed E-state index contributed by atoms with van der Waals surface area (Å²) in [4.78, 5) is 0. The van der Waals surface area contributed by atoms with Gasteiger partial charge in [0.2, 0.25) is 0 Å². The van der Waals surface area contributed by atoms with Crippen LogP contribution in [-0.2, 0) is 4.74 Å². The fourth-order valence-corrected chi connectivity index (χ4v) is 0.766. The van der Waals surface area contributed by atoms with Crippen molar-refractivity contribution >= 4 is 47.4 Å². The highest BCUT2D eigenvalue weighted by molar-refractivity contribution is 6.19. The minimum absolute atomic E-state index is 0. The number of nitrogens with one attached hydrogen (secondary N) is 2. The Kier molecular flexibility index (Phi) is 11.0. The Labute approximate surface area is 87.8 Å². The average molecular weight is 234 g/mol. The molecular formula is C6H11Cl3N2O. The molecule has 0 amide bonds. The van der Waals surface area contributed by atoms with E-state index in [9.17, 15) is 0 Å². The molecule has 12 heavy (non-hydrogen) atoms. The first kappa shape index (κ1) is 14.5. The van der Waals surface area contributed by atoms with Crippen molar-refractivity contribution in [3.05, 3.63) is 0 Å². The molecule has 0 bridgehead atoms. The van der Waals surface area contributed by atoms with E-state index in [1.807, 2.05) is 0 Å². The van der Waals surface area contributed by atoms with Crippen molar-refractivity contribution in [2.75, 3.05) is 11.8 Å². The maximum Gasteiger partial charge on any atom is 0.190 e. The summed E-state index contributed by atoms with van der Waals surface area (Å²) in [5.74, 6) is 0.727. The predicted molar refractivity (Wildman–Crippen MR) is 54.5 cm³/mol. The van der Waals surface area contributed by atoms with Crippen LogP contribution in [0.5, 0.6) is 0 Å². The topological polar surface area (TPSA) is 56.9 Å². The number of ether oxygens (including phenoxy) is 1. The smallest absolute Gasteiger partial charge is 0.190 e. The summed E-state index contributed by atoms with van der Waals surface area (Å²) < 4.78 is 4.73. The number of hydrogen-bond acceptors (Lipinski definition) is 3. The highest BCUT2D eigenvalue weighted by atomic mass is 35.5. The first-order chi connectivity index (χ1) is 5.20. The van der Waals surface area contributed by atoms with Crippen LogP contribution in [0.4, 0.5) is 0 Å². The highest BCUT2D eigenvalue weighted by Gasteiger charge is 2.01. The van der Waals surface area contributed by atoms with E-state index in [0.717, 1.165) is 0 Å². The Morgan fingerprint density at radius 1 is 1.00 bits per heavy atom. The van der Waals surface area contributed by atoms with Gasteiger partial charge in [0.15, 0.2) is 11.8 Å². The lowest BCUT2D eigenvalue weighted by atomic mass is 10.4. The molecule has 0 rings (SSSR count). The van der Waals surface area contributed by atoms with Gasteiger partial charge >= 0.3 is 0 Å². The van der Waals surface area contributed by atoms with Crippen molar-refractivity contribution in [3.8, 4) is 0 Å². The van der Waals surface area contributed by atoms with Gasteiger partial charge in [0, 0.05) is 24.6 Å². The Balaban J connectivity index is 0. The number of hydrogen-bond donors (Lipinski definition) is 2. The summed E-state index contributed by atoms with van der Waals surface area (Å²) in [6, 6.07) is 0. The van der Waals surface area contributed by atoms with Gasteiger partial charge < -0.3 is 4.74 Å². The van der Waals surface area contributed by atoms with E-state index in [4.69, 9.17) is 38.8 Å². The highest BCUT2D eigenvalue weighted by Crippen LogP contribution is 1.95. The van der Waals surface area contributed by atoms with Gasteiger partial charge in [-0.25, -0.2) is 0 Å². The van der Waals surface area contributed by atoms with Crippen molar-refractivity contribution in [1.29, 1.82) is 10.8 Å². The molecule has 0 aliphatic carbocycles. The lowest BCUT2D eigenvalue weighted by molar-refractivity contribution is 0.505. The van der Waals surface area contributed by atoms with Gasteiger partial charge in [0.25, 0.3) is 0 Å². The molecule has 0 radical (unpaired) electrons. The monoisotopic (exact) mass is 232 g/mol. The van der Waals surface area contributed by atoms with Crippen molar-refractivity contribution < 1.29 is 4.74 Å². The third-order valence-electron chi connectivity index (χ3n) is 0.890. The molecule has 0 aliphatic rings. The third kappa shape index (κ3) is 8.11. The van der Waals surface area contributed by atoms with Crippen molar-refractivity contribution in [3.63, 3.8) is 0 Å². The second kappa shape index (κ2) is 9.10. The average Bonchev–Trinajstić information content (AvgIpc) is 1.87. The van der Waals surface area contributed by atoms with Crippen LogP contribution >= 0.6 is 35.6 Å².